The summed E-state index contributed by atoms with van der Waals surface area (Å²) in [7, 11) is 0. The third-order valence-corrected chi connectivity index (χ3v) is 4.34. The normalized spacial score (nSPS) is 18.3. The van der Waals surface area contributed by atoms with Crippen LogP contribution in [0.1, 0.15) is 49.0 Å². The van der Waals surface area contributed by atoms with Gasteiger partial charge in [-0.2, -0.15) is 0 Å². The van der Waals surface area contributed by atoms with Crippen LogP contribution in [0, 0.1) is 5.92 Å². The Hall–Kier alpha value is -1.10. The Morgan fingerprint density at radius 3 is 2.87 bits per heavy atom. The number of nitrogens with two attached hydrogens (primary N) is 1. The Labute approximate surface area is 145 Å². The Balaban J connectivity index is 0.00000264. The Morgan fingerprint density at radius 2 is 2.22 bits per heavy atom. The summed E-state index contributed by atoms with van der Waals surface area (Å²) in [5, 5.41) is 0. The monoisotopic (exact) mass is 340 g/mol. The molecule has 1 fully saturated rings. The van der Waals surface area contributed by atoms with Crippen LogP contribution in [0.4, 0.5) is 0 Å². The van der Waals surface area contributed by atoms with E-state index in [4.69, 9.17) is 10.5 Å². The molecule has 4 nitrogen and oxygen atoms in total. The molecule has 1 aromatic rings. The highest BCUT2D eigenvalue weighted by Gasteiger charge is 2.20. The summed E-state index contributed by atoms with van der Waals surface area (Å²) in [4.78, 5) is 14.1. The molecular weight excluding hydrogens is 312 g/mol. The highest BCUT2D eigenvalue weighted by molar-refractivity contribution is 5.94. The quantitative estimate of drug-likeness (QED) is 0.774. The van der Waals surface area contributed by atoms with E-state index < -0.39 is 0 Å². The van der Waals surface area contributed by atoms with Crippen molar-refractivity contribution in [3.05, 3.63) is 29.3 Å². The van der Waals surface area contributed by atoms with Crippen molar-refractivity contribution in [1.29, 1.82) is 0 Å². The number of carbonyl (C=O) groups is 1. The molecule has 0 aromatic heterocycles. The second kappa shape index (κ2) is 9.91. The maximum absolute atomic E-state index is 11.6. The molecule has 1 heterocycles. The van der Waals surface area contributed by atoms with Crippen LogP contribution in [0.25, 0.3) is 0 Å². The first-order valence-electron chi connectivity index (χ1n) is 8.33. The van der Waals surface area contributed by atoms with Crippen LogP contribution < -0.4 is 10.5 Å². The van der Waals surface area contributed by atoms with Crippen LogP contribution in [0.2, 0.25) is 0 Å². The third kappa shape index (κ3) is 5.79. The van der Waals surface area contributed by atoms with Crippen LogP contribution in [0.5, 0.6) is 5.75 Å². The summed E-state index contributed by atoms with van der Waals surface area (Å²) < 4.78 is 5.73. The van der Waals surface area contributed by atoms with Crippen molar-refractivity contribution < 1.29 is 9.53 Å². The lowest BCUT2D eigenvalue weighted by Crippen LogP contribution is -2.35. The van der Waals surface area contributed by atoms with Crippen LogP contribution >= 0.6 is 12.4 Å². The number of nitrogens with zero attached hydrogens (tertiary/aromatic N) is 1. The zero-order chi connectivity index (χ0) is 15.9. The SMILES string of the molecule is CCOc1ccc(C(C)=O)cc1CN1CCCC(CCN)C1.Cl. The minimum absolute atomic E-state index is 0. The molecule has 2 rings (SSSR count). The fourth-order valence-electron chi connectivity index (χ4n) is 3.23. The fourth-order valence-corrected chi connectivity index (χ4v) is 3.23. The minimum Gasteiger partial charge on any atom is -0.494 e. The van der Waals surface area contributed by atoms with Crippen molar-refractivity contribution in [2.75, 3.05) is 26.2 Å². The van der Waals surface area contributed by atoms with E-state index in [1.54, 1.807) is 6.92 Å². The summed E-state index contributed by atoms with van der Waals surface area (Å²) in [6, 6.07) is 5.76. The van der Waals surface area contributed by atoms with E-state index in [-0.39, 0.29) is 18.2 Å². The van der Waals surface area contributed by atoms with Gasteiger partial charge in [-0.3, -0.25) is 9.69 Å². The van der Waals surface area contributed by atoms with E-state index in [0.29, 0.717) is 12.5 Å². The van der Waals surface area contributed by atoms with Crippen LogP contribution in [0.15, 0.2) is 18.2 Å². The van der Waals surface area contributed by atoms with E-state index in [2.05, 4.69) is 4.90 Å². The van der Waals surface area contributed by atoms with Gasteiger partial charge in [-0.25, -0.2) is 0 Å². The second-order valence-electron chi connectivity index (χ2n) is 6.13. The number of halogens is 1. The summed E-state index contributed by atoms with van der Waals surface area (Å²) in [6.07, 6.45) is 3.60. The number of Topliss-reactive ketones (excluding diaryl/α,β-unsaturated/α-hetero) is 1. The van der Waals surface area contributed by atoms with Gasteiger partial charge in [-0.1, -0.05) is 0 Å². The number of rotatable bonds is 7. The number of likely N-dealkylation sites (tertiary alicyclic amines) is 1. The number of hydrogen-bond donors (Lipinski definition) is 1. The Morgan fingerprint density at radius 1 is 1.43 bits per heavy atom. The zero-order valence-corrected chi connectivity index (χ0v) is 15.0. The Bertz CT molecular complexity index is 506. The molecule has 0 aliphatic carbocycles. The first kappa shape index (κ1) is 19.9. The molecule has 0 spiro atoms. The minimum atomic E-state index is 0. The predicted molar refractivity (Wildman–Crippen MR) is 96.5 cm³/mol. The number of benzene rings is 1. The van der Waals surface area contributed by atoms with E-state index >= 15 is 0 Å². The molecule has 5 heteroatoms. The predicted octanol–water partition coefficient (Wildman–Crippen LogP) is 3.27. The van der Waals surface area contributed by atoms with E-state index in [0.717, 1.165) is 49.5 Å². The molecule has 0 amide bonds. The number of piperidine rings is 1. The molecular formula is C18H29ClN2O2. The molecule has 1 atom stereocenters. The molecule has 2 N–H and O–H groups in total. The van der Waals surface area contributed by atoms with Crippen LogP contribution in [-0.2, 0) is 6.54 Å². The summed E-state index contributed by atoms with van der Waals surface area (Å²) in [6.45, 7) is 8.05. The molecule has 1 unspecified atom stereocenters. The topological polar surface area (TPSA) is 55.6 Å². The summed E-state index contributed by atoms with van der Waals surface area (Å²) in [5.41, 5.74) is 7.57. The summed E-state index contributed by atoms with van der Waals surface area (Å²) >= 11 is 0. The number of ketones is 1. The first-order valence-corrected chi connectivity index (χ1v) is 8.33. The van der Waals surface area contributed by atoms with Crippen molar-refractivity contribution in [3.8, 4) is 5.75 Å². The van der Waals surface area contributed by atoms with Gasteiger partial charge in [0.05, 0.1) is 6.61 Å². The average Bonchev–Trinajstić information content (AvgIpc) is 2.50. The van der Waals surface area contributed by atoms with Gasteiger partial charge in [-0.15, -0.1) is 12.4 Å². The van der Waals surface area contributed by atoms with Crippen molar-refractivity contribution in [2.45, 2.75) is 39.7 Å². The van der Waals surface area contributed by atoms with Gasteiger partial charge in [0, 0.05) is 24.2 Å². The fraction of sp³-hybridized carbons (Fsp3) is 0.611. The summed E-state index contributed by atoms with van der Waals surface area (Å²) in [5.74, 6) is 1.70. The van der Waals surface area contributed by atoms with Crippen LogP contribution in [-0.4, -0.2) is 36.9 Å². The molecule has 0 bridgehead atoms. The molecule has 1 aliphatic heterocycles. The lowest BCUT2D eigenvalue weighted by molar-refractivity contribution is 0.101. The van der Waals surface area contributed by atoms with Gasteiger partial charge in [-0.05, 0) is 70.3 Å². The third-order valence-electron chi connectivity index (χ3n) is 4.34. The largest absolute Gasteiger partial charge is 0.494 e. The molecule has 1 aliphatic rings. The standard InChI is InChI=1S/C18H28N2O2.ClH/c1-3-22-18-7-6-16(14(2)21)11-17(18)13-20-10-4-5-15(12-20)8-9-19;/h6-7,11,15H,3-5,8-10,12-13,19H2,1-2H3;1H. The highest BCUT2D eigenvalue weighted by atomic mass is 35.5. The van der Waals surface area contributed by atoms with E-state index in [1.807, 2.05) is 25.1 Å². The molecule has 1 aromatic carbocycles. The zero-order valence-electron chi connectivity index (χ0n) is 14.2. The smallest absolute Gasteiger partial charge is 0.159 e. The second-order valence-corrected chi connectivity index (χ2v) is 6.13. The van der Waals surface area contributed by atoms with Gasteiger partial charge in [0.25, 0.3) is 0 Å². The number of carbonyl (C=O) groups excluding carboxylic acids is 1. The van der Waals surface area contributed by atoms with Gasteiger partial charge in [0.2, 0.25) is 0 Å². The molecule has 0 saturated carbocycles. The molecule has 23 heavy (non-hydrogen) atoms. The van der Waals surface area contributed by atoms with Gasteiger partial charge in [0.15, 0.2) is 5.78 Å². The Kier molecular flexibility index (Phi) is 8.59. The first-order chi connectivity index (χ1) is 10.6. The van der Waals surface area contributed by atoms with E-state index in [9.17, 15) is 4.79 Å². The average molecular weight is 341 g/mol. The molecule has 1 saturated heterocycles. The lowest BCUT2D eigenvalue weighted by atomic mass is 9.94. The molecule has 0 radical (unpaired) electrons. The van der Waals surface area contributed by atoms with Crippen molar-refractivity contribution in [2.24, 2.45) is 11.7 Å². The molecule has 130 valence electrons. The van der Waals surface area contributed by atoms with Gasteiger partial charge >= 0.3 is 0 Å². The van der Waals surface area contributed by atoms with Crippen molar-refractivity contribution in [3.63, 3.8) is 0 Å². The van der Waals surface area contributed by atoms with E-state index in [1.165, 1.54) is 12.8 Å². The number of ether oxygens (including phenoxy) is 1. The van der Waals surface area contributed by atoms with Crippen molar-refractivity contribution in [1.82, 2.24) is 4.90 Å². The number of hydrogen-bond acceptors (Lipinski definition) is 4. The highest BCUT2D eigenvalue weighted by Crippen LogP contribution is 2.26. The maximum Gasteiger partial charge on any atom is 0.159 e. The van der Waals surface area contributed by atoms with Gasteiger partial charge < -0.3 is 10.5 Å². The van der Waals surface area contributed by atoms with Gasteiger partial charge in [0.1, 0.15) is 5.75 Å². The lowest BCUT2D eigenvalue weighted by Gasteiger charge is -2.33. The van der Waals surface area contributed by atoms with Crippen LogP contribution in [0.3, 0.4) is 0 Å². The maximum atomic E-state index is 11.6. The van der Waals surface area contributed by atoms with Crippen molar-refractivity contribution >= 4 is 18.2 Å².